The van der Waals surface area contributed by atoms with Crippen molar-refractivity contribution in [2.45, 2.75) is 38.3 Å². The second-order valence-corrected chi connectivity index (χ2v) is 9.44. The smallest absolute Gasteiger partial charge is 0.229 e. The number of hydrogen-bond acceptors (Lipinski definition) is 8. The first kappa shape index (κ1) is 21.8. The number of aromatic nitrogens is 4. The first-order valence-electron chi connectivity index (χ1n) is 12.6. The number of anilines is 3. The van der Waals surface area contributed by atoms with E-state index in [1.807, 2.05) is 6.33 Å². The zero-order chi connectivity index (χ0) is 22.7. The van der Waals surface area contributed by atoms with Crippen LogP contribution in [0.4, 0.5) is 17.5 Å². The normalized spacial score (nSPS) is 20.3. The second kappa shape index (κ2) is 9.85. The molecule has 0 unspecified atom stereocenters. The molecule has 2 saturated heterocycles. The van der Waals surface area contributed by atoms with Crippen molar-refractivity contribution in [1.82, 2.24) is 24.4 Å². The van der Waals surface area contributed by atoms with E-state index < -0.39 is 0 Å². The molecule has 9 heteroatoms. The molecular weight excluding hydrogens is 430 g/mol. The van der Waals surface area contributed by atoms with Crippen molar-refractivity contribution >= 4 is 28.6 Å². The Morgan fingerprint density at radius 3 is 2.32 bits per heavy atom. The summed E-state index contributed by atoms with van der Waals surface area (Å²) >= 11 is 0. The fourth-order valence-electron chi connectivity index (χ4n) is 5.19. The van der Waals surface area contributed by atoms with Crippen LogP contribution in [0.2, 0.25) is 0 Å². The van der Waals surface area contributed by atoms with Crippen LogP contribution in [0.15, 0.2) is 30.6 Å². The lowest BCUT2D eigenvalue weighted by Crippen LogP contribution is -2.37. The highest BCUT2D eigenvalue weighted by Crippen LogP contribution is 2.34. The fraction of sp³-hybridized carbons (Fsp3) is 0.560. The van der Waals surface area contributed by atoms with Crippen LogP contribution in [0.5, 0.6) is 0 Å². The van der Waals surface area contributed by atoms with Crippen LogP contribution in [0.1, 0.15) is 37.3 Å². The summed E-state index contributed by atoms with van der Waals surface area (Å²) < 4.78 is 13.3. The predicted octanol–water partition coefficient (Wildman–Crippen LogP) is 3.35. The Labute approximate surface area is 200 Å². The molecule has 34 heavy (non-hydrogen) atoms. The molecule has 0 atom stereocenters. The zero-order valence-electron chi connectivity index (χ0n) is 19.7. The van der Waals surface area contributed by atoms with Gasteiger partial charge in [-0.15, -0.1) is 0 Å². The topological polar surface area (TPSA) is 80.6 Å². The van der Waals surface area contributed by atoms with E-state index >= 15 is 0 Å². The van der Waals surface area contributed by atoms with Gasteiger partial charge in [0.25, 0.3) is 0 Å². The van der Waals surface area contributed by atoms with Crippen molar-refractivity contribution in [3.63, 3.8) is 0 Å². The number of benzene rings is 1. The van der Waals surface area contributed by atoms with Crippen LogP contribution in [0, 0.1) is 0 Å². The van der Waals surface area contributed by atoms with Crippen molar-refractivity contribution < 1.29 is 9.47 Å². The average molecular weight is 464 g/mol. The van der Waals surface area contributed by atoms with Crippen LogP contribution in [0.3, 0.4) is 0 Å². The monoisotopic (exact) mass is 463 g/mol. The molecule has 0 spiro atoms. The Kier molecular flexibility index (Phi) is 6.31. The standard InChI is InChI=1S/C25H33N7O2/c1-2-4-21(3-1)32-18-26-22-23(28-25(29-24(22)32)31-11-15-34-16-12-31)27-20-7-5-19(6-8-20)17-30-9-13-33-14-10-30/h5-8,18,21H,1-4,9-17H2,(H,27,28,29). The zero-order valence-corrected chi connectivity index (χ0v) is 19.7. The lowest BCUT2D eigenvalue weighted by Gasteiger charge is -2.27. The molecule has 180 valence electrons. The number of rotatable bonds is 6. The minimum Gasteiger partial charge on any atom is -0.379 e. The van der Waals surface area contributed by atoms with Crippen molar-refractivity contribution in [2.75, 3.05) is 62.8 Å². The van der Waals surface area contributed by atoms with Crippen LogP contribution in [0.25, 0.3) is 11.2 Å². The van der Waals surface area contributed by atoms with Crippen LogP contribution in [-0.2, 0) is 16.0 Å². The molecule has 6 rings (SSSR count). The number of imidazole rings is 1. The molecule has 4 heterocycles. The third kappa shape index (κ3) is 4.60. The SMILES string of the molecule is c1cc(Nc2nc(N3CCOCC3)nc3c2ncn3C2CCCC2)ccc1CN1CCOCC1. The highest BCUT2D eigenvalue weighted by molar-refractivity contribution is 5.86. The maximum atomic E-state index is 5.55. The Hall–Kier alpha value is -2.75. The van der Waals surface area contributed by atoms with Gasteiger partial charge in [0.2, 0.25) is 5.95 Å². The van der Waals surface area contributed by atoms with Crippen molar-refractivity contribution in [3.05, 3.63) is 36.2 Å². The summed E-state index contributed by atoms with van der Waals surface area (Å²) in [5, 5.41) is 3.54. The molecule has 2 aliphatic heterocycles. The molecule has 3 aliphatic rings. The van der Waals surface area contributed by atoms with E-state index in [-0.39, 0.29) is 0 Å². The molecule has 0 radical (unpaired) electrons. The van der Waals surface area contributed by atoms with Gasteiger partial charge in [-0.2, -0.15) is 9.97 Å². The summed E-state index contributed by atoms with van der Waals surface area (Å²) in [6.45, 7) is 7.60. The number of hydrogen-bond donors (Lipinski definition) is 1. The molecular formula is C25H33N7O2. The predicted molar refractivity (Wildman–Crippen MR) is 132 cm³/mol. The highest BCUT2D eigenvalue weighted by atomic mass is 16.5. The first-order valence-corrected chi connectivity index (χ1v) is 12.6. The van der Waals surface area contributed by atoms with Crippen molar-refractivity contribution in [3.8, 4) is 0 Å². The lowest BCUT2D eigenvalue weighted by atomic mass is 10.2. The molecule has 0 amide bonds. The lowest BCUT2D eigenvalue weighted by molar-refractivity contribution is 0.0342. The number of ether oxygens (including phenoxy) is 2. The summed E-state index contributed by atoms with van der Waals surface area (Å²) in [6, 6.07) is 9.12. The van der Waals surface area contributed by atoms with E-state index in [4.69, 9.17) is 24.4 Å². The maximum absolute atomic E-state index is 5.55. The van der Waals surface area contributed by atoms with Crippen LogP contribution >= 0.6 is 0 Å². The second-order valence-electron chi connectivity index (χ2n) is 9.44. The Bertz CT molecular complexity index is 1100. The Morgan fingerprint density at radius 2 is 1.59 bits per heavy atom. The van der Waals surface area contributed by atoms with E-state index in [9.17, 15) is 0 Å². The summed E-state index contributed by atoms with van der Waals surface area (Å²) in [5.74, 6) is 1.52. The summed E-state index contributed by atoms with van der Waals surface area (Å²) in [5.41, 5.74) is 4.07. The van der Waals surface area contributed by atoms with Gasteiger partial charge in [0.05, 0.1) is 32.8 Å². The maximum Gasteiger partial charge on any atom is 0.229 e. The molecule has 1 aliphatic carbocycles. The highest BCUT2D eigenvalue weighted by Gasteiger charge is 2.24. The van der Waals surface area contributed by atoms with Gasteiger partial charge in [-0.1, -0.05) is 25.0 Å². The number of nitrogens with one attached hydrogen (secondary N) is 1. The summed E-state index contributed by atoms with van der Waals surface area (Å²) in [7, 11) is 0. The van der Waals surface area contributed by atoms with E-state index in [0.717, 1.165) is 74.6 Å². The van der Waals surface area contributed by atoms with E-state index in [1.165, 1.54) is 31.2 Å². The quantitative estimate of drug-likeness (QED) is 0.596. The minimum atomic E-state index is 0.477. The van der Waals surface area contributed by atoms with E-state index in [2.05, 4.69) is 43.9 Å². The molecule has 9 nitrogen and oxygen atoms in total. The first-order chi connectivity index (χ1) is 16.8. The molecule has 1 saturated carbocycles. The molecule has 1 aromatic carbocycles. The minimum absolute atomic E-state index is 0.477. The van der Waals surface area contributed by atoms with Gasteiger partial charge in [0.15, 0.2) is 17.0 Å². The Morgan fingerprint density at radius 1 is 0.882 bits per heavy atom. The molecule has 1 N–H and O–H groups in total. The molecule has 3 fully saturated rings. The van der Waals surface area contributed by atoms with Gasteiger partial charge in [-0.25, -0.2) is 4.98 Å². The third-order valence-electron chi connectivity index (χ3n) is 7.15. The van der Waals surface area contributed by atoms with Crippen LogP contribution < -0.4 is 10.2 Å². The molecule has 2 aromatic heterocycles. The summed E-state index contributed by atoms with van der Waals surface area (Å²) in [6.07, 6.45) is 6.88. The number of fused-ring (bicyclic) bond motifs is 1. The van der Waals surface area contributed by atoms with Gasteiger partial charge >= 0.3 is 0 Å². The van der Waals surface area contributed by atoms with Gasteiger partial charge in [0, 0.05) is 44.5 Å². The van der Waals surface area contributed by atoms with Gasteiger partial charge in [-0.3, -0.25) is 4.90 Å². The van der Waals surface area contributed by atoms with E-state index in [1.54, 1.807) is 0 Å². The summed E-state index contributed by atoms with van der Waals surface area (Å²) in [4.78, 5) is 19.3. The van der Waals surface area contributed by atoms with E-state index in [0.29, 0.717) is 19.3 Å². The third-order valence-corrected chi connectivity index (χ3v) is 7.15. The van der Waals surface area contributed by atoms with Crippen molar-refractivity contribution in [1.29, 1.82) is 0 Å². The van der Waals surface area contributed by atoms with Crippen molar-refractivity contribution in [2.24, 2.45) is 0 Å². The van der Waals surface area contributed by atoms with Gasteiger partial charge < -0.3 is 24.3 Å². The van der Waals surface area contributed by atoms with Crippen LogP contribution in [-0.4, -0.2) is 77.0 Å². The average Bonchev–Trinajstić information content (AvgIpc) is 3.56. The number of nitrogens with zero attached hydrogens (tertiary/aromatic N) is 6. The Balaban J connectivity index is 1.28. The molecule has 0 bridgehead atoms. The van der Waals surface area contributed by atoms with Gasteiger partial charge in [0.1, 0.15) is 0 Å². The largest absolute Gasteiger partial charge is 0.379 e. The van der Waals surface area contributed by atoms with Gasteiger partial charge in [-0.05, 0) is 30.5 Å². The number of morpholine rings is 2. The fourth-order valence-corrected chi connectivity index (χ4v) is 5.19. The molecule has 3 aromatic rings.